The third kappa shape index (κ3) is 4.31. The van der Waals surface area contributed by atoms with Crippen molar-refractivity contribution in [3.05, 3.63) is 57.3 Å². The number of nitrogens with zero attached hydrogens (tertiary/aromatic N) is 6. The van der Waals surface area contributed by atoms with Gasteiger partial charge < -0.3 is 9.73 Å². The largest absolute Gasteiger partial charge is 0.434 e. The number of carbonyl (C=O) groups is 1. The molecule has 3 N–H and O–H groups in total. The van der Waals surface area contributed by atoms with Crippen LogP contribution in [0.25, 0.3) is 33.0 Å². The van der Waals surface area contributed by atoms with Crippen LogP contribution < -0.4 is 16.4 Å². The van der Waals surface area contributed by atoms with Crippen LogP contribution in [0.2, 0.25) is 0 Å². The van der Waals surface area contributed by atoms with Crippen molar-refractivity contribution < 1.29 is 9.21 Å². The first-order valence-corrected chi connectivity index (χ1v) is 8.16. The summed E-state index contributed by atoms with van der Waals surface area (Å²) in [6.07, 6.45) is 4.61. The molecule has 0 aliphatic heterocycles. The normalized spacial score (nSPS) is 10.2. The van der Waals surface area contributed by atoms with Crippen LogP contribution in [-0.4, -0.2) is 32.7 Å². The Balaban J connectivity index is 1.99. The van der Waals surface area contributed by atoms with E-state index in [0.29, 0.717) is 34.6 Å². The van der Waals surface area contributed by atoms with Gasteiger partial charge in [-0.2, -0.15) is 0 Å². The Labute approximate surface area is 157 Å². The minimum atomic E-state index is -0.674. The molecule has 142 valence electrons. The van der Waals surface area contributed by atoms with Gasteiger partial charge in [0.2, 0.25) is 0 Å². The lowest BCUT2D eigenvalue weighted by atomic mass is 10.0. The summed E-state index contributed by atoms with van der Waals surface area (Å²) in [5.41, 5.74) is 11.1. The highest BCUT2D eigenvalue weighted by molar-refractivity contribution is 5.88. The average Bonchev–Trinajstić information content (AvgIpc) is 3.13. The first-order chi connectivity index (χ1) is 13.6. The van der Waals surface area contributed by atoms with Crippen LogP contribution in [0.4, 0.5) is 10.6 Å². The molecule has 0 spiro atoms. The topological polar surface area (TPSA) is 175 Å². The molecule has 0 saturated carbocycles. The molecular formula is C16H15N9O3. The van der Waals surface area contributed by atoms with Gasteiger partial charge in [-0.3, -0.25) is 10.3 Å². The van der Waals surface area contributed by atoms with Gasteiger partial charge in [0.15, 0.2) is 0 Å². The number of H-pyrrole nitrogens is 1. The summed E-state index contributed by atoms with van der Waals surface area (Å²) in [6.45, 7) is 2.31. The predicted molar refractivity (Wildman–Crippen MR) is 99.1 cm³/mol. The van der Waals surface area contributed by atoms with Crippen LogP contribution in [0.3, 0.4) is 0 Å². The number of carbonyl (C=O) groups excluding carboxylic acids is 1. The van der Waals surface area contributed by atoms with E-state index in [1.807, 2.05) is 0 Å². The van der Waals surface area contributed by atoms with E-state index in [0.717, 1.165) is 0 Å². The van der Waals surface area contributed by atoms with E-state index in [9.17, 15) is 9.59 Å². The van der Waals surface area contributed by atoms with Crippen LogP contribution in [-0.2, 0) is 6.54 Å². The number of hydrogen-bond donors (Lipinski definition) is 3. The minimum absolute atomic E-state index is 0.0418. The lowest BCUT2D eigenvalue weighted by Crippen LogP contribution is -2.28. The zero-order valence-electron chi connectivity index (χ0n) is 14.7. The quantitative estimate of drug-likeness (QED) is 0.335. The van der Waals surface area contributed by atoms with Crippen molar-refractivity contribution in [3.63, 3.8) is 0 Å². The lowest BCUT2D eigenvalue weighted by Gasteiger charge is -2.11. The number of amides is 2. The minimum Gasteiger partial charge on any atom is -0.388 e. The first-order valence-electron chi connectivity index (χ1n) is 8.16. The molecule has 12 heteroatoms. The Bertz CT molecular complexity index is 1100. The molecule has 0 aromatic carbocycles. The Morgan fingerprint density at radius 2 is 2.14 bits per heavy atom. The number of rotatable bonds is 6. The second kappa shape index (κ2) is 8.47. The zero-order chi connectivity index (χ0) is 19.9. The first kappa shape index (κ1) is 18.6. The van der Waals surface area contributed by atoms with Gasteiger partial charge in [0.05, 0.1) is 12.1 Å². The Hall–Kier alpha value is -4.18. The fourth-order valence-electron chi connectivity index (χ4n) is 2.44. The van der Waals surface area contributed by atoms with Gasteiger partial charge in [-0.25, -0.2) is 19.7 Å². The highest BCUT2D eigenvalue weighted by Gasteiger charge is 2.12. The Morgan fingerprint density at radius 3 is 2.86 bits per heavy atom. The number of hydrogen-bond acceptors (Lipinski definition) is 7. The van der Waals surface area contributed by atoms with Crippen molar-refractivity contribution in [2.75, 3.05) is 11.9 Å². The maximum atomic E-state index is 11.7. The highest BCUT2D eigenvalue weighted by Crippen LogP contribution is 2.28. The summed E-state index contributed by atoms with van der Waals surface area (Å²) in [4.78, 5) is 34.0. The number of azide groups is 1. The smallest absolute Gasteiger partial charge is 0.388 e. The van der Waals surface area contributed by atoms with Gasteiger partial charge in [0.1, 0.15) is 5.82 Å². The molecule has 12 nitrogen and oxygen atoms in total. The maximum Gasteiger partial charge on any atom is 0.434 e. The average molecular weight is 381 g/mol. The molecule has 3 aromatic rings. The van der Waals surface area contributed by atoms with E-state index in [4.69, 9.17) is 9.95 Å². The van der Waals surface area contributed by atoms with Gasteiger partial charge >= 0.3 is 11.8 Å². The Morgan fingerprint density at radius 1 is 1.32 bits per heavy atom. The molecule has 0 fully saturated rings. The van der Waals surface area contributed by atoms with E-state index in [2.05, 4.69) is 40.8 Å². The van der Waals surface area contributed by atoms with Crippen molar-refractivity contribution in [1.29, 1.82) is 0 Å². The van der Waals surface area contributed by atoms with Crippen LogP contribution in [0.15, 0.2) is 45.0 Å². The maximum absolute atomic E-state index is 11.7. The summed E-state index contributed by atoms with van der Waals surface area (Å²) in [7, 11) is 0. The summed E-state index contributed by atoms with van der Waals surface area (Å²) in [5, 5.41) is 14.8. The summed E-state index contributed by atoms with van der Waals surface area (Å²) in [5.74, 6) is -0.273. The van der Waals surface area contributed by atoms with Crippen molar-refractivity contribution in [2.24, 2.45) is 5.11 Å². The van der Waals surface area contributed by atoms with Crippen molar-refractivity contribution >= 4 is 11.8 Å². The van der Waals surface area contributed by atoms with E-state index in [1.165, 1.54) is 12.4 Å². The third-order valence-electron chi connectivity index (χ3n) is 3.61. The van der Waals surface area contributed by atoms with Gasteiger partial charge in [0, 0.05) is 41.2 Å². The predicted octanol–water partition coefficient (Wildman–Crippen LogP) is 2.44. The monoisotopic (exact) mass is 381 g/mol. The molecule has 3 heterocycles. The third-order valence-corrected chi connectivity index (χ3v) is 3.61. The van der Waals surface area contributed by atoms with E-state index in [1.54, 1.807) is 25.3 Å². The number of pyridine rings is 2. The molecule has 0 radical (unpaired) electrons. The zero-order valence-corrected chi connectivity index (χ0v) is 14.7. The van der Waals surface area contributed by atoms with Crippen LogP contribution >= 0.6 is 0 Å². The van der Waals surface area contributed by atoms with Crippen LogP contribution in [0, 0.1) is 0 Å². The molecule has 3 rings (SSSR count). The molecule has 0 aliphatic carbocycles. The molecule has 2 amide bonds. The number of urea groups is 1. The second-order valence-electron chi connectivity index (χ2n) is 5.48. The summed E-state index contributed by atoms with van der Waals surface area (Å²) < 4.78 is 4.94. The fraction of sp³-hybridized carbons (Fsp3) is 0.188. The highest BCUT2D eigenvalue weighted by atomic mass is 16.4. The summed E-state index contributed by atoms with van der Waals surface area (Å²) in [6, 6.07) is 2.93. The van der Waals surface area contributed by atoms with Crippen molar-refractivity contribution in [3.8, 4) is 22.6 Å². The Kier molecular flexibility index (Phi) is 5.63. The van der Waals surface area contributed by atoms with Crippen molar-refractivity contribution in [1.82, 2.24) is 25.5 Å². The molecule has 0 aliphatic rings. The molecule has 0 bridgehead atoms. The van der Waals surface area contributed by atoms with Gasteiger partial charge in [-0.1, -0.05) is 5.11 Å². The van der Waals surface area contributed by atoms with Crippen LogP contribution in [0.5, 0.6) is 0 Å². The fourth-order valence-corrected chi connectivity index (χ4v) is 2.44. The number of aromatic amines is 1. The lowest BCUT2D eigenvalue weighted by molar-refractivity contribution is 0.252. The van der Waals surface area contributed by atoms with Gasteiger partial charge in [-0.15, -0.1) is 5.10 Å². The standard InChI is InChI=1S/C16H15N9O3/c1-2-19-15(26)22-13-4-10(7-21-25-17)12(8-20-13)9-3-11(6-18-5-9)14-23-24-16(27)28-14/h3-6,8H,2,7H2,1H3,(H,24,27)(H2,19,20,22,26). The molecule has 0 unspecified atom stereocenters. The number of nitrogens with one attached hydrogen (secondary N) is 3. The van der Waals surface area contributed by atoms with E-state index in [-0.39, 0.29) is 12.4 Å². The second-order valence-corrected chi connectivity index (χ2v) is 5.48. The molecule has 28 heavy (non-hydrogen) atoms. The molecule has 0 saturated heterocycles. The summed E-state index contributed by atoms with van der Waals surface area (Å²) >= 11 is 0. The molecule has 3 aromatic heterocycles. The van der Waals surface area contributed by atoms with Crippen LogP contribution in [0.1, 0.15) is 12.5 Å². The van der Waals surface area contributed by atoms with E-state index >= 15 is 0 Å². The molecule has 0 atom stereocenters. The van der Waals surface area contributed by atoms with Gasteiger partial charge in [-0.05, 0) is 30.2 Å². The molecular weight excluding hydrogens is 366 g/mol. The van der Waals surface area contributed by atoms with Crippen molar-refractivity contribution in [2.45, 2.75) is 13.5 Å². The number of anilines is 1. The van der Waals surface area contributed by atoms with E-state index < -0.39 is 11.8 Å². The van der Waals surface area contributed by atoms with Gasteiger partial charge in [0.25, 0.3) is 5.89 Å². The number of aromatic nitrogens is 4. The SMILES string of the molecule is CCNC(=O)Nc1cc(CN=[N+]=[N-])c(-c2cncc(-c3n[nH]c(=O)o3)c2)cn1.